The van der Waals surface area contributed by atoms with Crippen LogP contribution in [0.2, 0.25) is 0 Å². The first kappa shape index (κ1) is 21.8. The second kappa shape index (κ2) is 9.46. The van der Waals surface area contributed by atoms with Gasteiger partial charge in [-0.1, -0.05) is 0 Å². The zero-order valence-electron chi connectivity index (χ0n) is 18.4. The van der Waals surface area contributed by atoms with Gasteiger partial charge in [-0.05, 0) is 38.1 Å². The summed E-state index contributed by atoms with van der Waals surface area (Å²) in [5, 5.41) is 14.6. The molecular formula is C22H26N6O4S. The molecular weight excluding hydrogens is 444 g/mol. The number of aliphatic hydroxyl groups is 1. The van der Waals surface area contributed by atoms with Gasteiger partial charge in [0.15, 0.2) is 11.5 Å². The molecule has 2 aliphatic rings. The molecule has 0 unspecified atom stereocenters. The van der Waals surface area contributed by atoms with Gasteiger partial charge in [0, 0.05) is 25.0 Å². The van der Waals surface area contributed by atoms with E-state index < -0.39 is 6.10 Å². The Balaban J connectivity index is 1.48. The van der Waals surface area contributed by atoms with Crippen LogP contribution in [0.25, 0.3) is 10.9 Å². The maximum Gasteiger partial charge on any atom is 0.291 e. The number of carbonyl (C=O) groups is 1. The van der Waals surface area contributed by atoms with Crippen molar-refractivity contribution in [2.75, 3.05) is 45.2 Å². The smallest absolute Gasteiger partial charge is 0.291 e. The maximum absolute atomic E-state index is 12.6. The van der Waals surface area contributed by atoms with E-state index in [-0.39, 0.29) is 12.5 Å². The summed E-state index contributed by atoms with van der Waals surface area (Å²) in [7, 11) is 1.55. The molecule has 2 aliphatic heterocycles. The Bertz CT molecular complexity index is 1220. The number of hydrogen-bond acceptors (Lipinski definition) is 9. The van der Waals surface area contributed by atoms with Crippen LogP contribution in [0.15, 0.2) is 28.8 Å². The number of ether oxygens (including phenoxy) is 2. The zero-order chi connectivity index (χ0) is 22.8. The molecule has 3 aromatic rings. The Labute approximate surface area is 194 Å². The van der Waals surface area contributed by atoms with E-state index >= 15 is 0 Å². The van der Waals surface area contributed by atoms with Gasteiger partial charge in [-0.3, -0.25) is 14.3 Å². The summed E-state index contributed by atoms with van der Waals surface area (Å²) in [6.45, 7) is 4.13. The molecule has 11 heteroatoms. The van der Waals surface area contributed by atoms with Crippen molar-refractivity contribution in [2.24, 2.45) is 4.99 Å². The lowest BCUT2D eigenvalue weighted by Crippen LogP contribution is -2.33. The van der Waals surface area contributed by atoms with Crippen LogP contribution in [0.3, 0.4) is 0 Å². The quantitative estimate of drug-likeness (QED) is 0.534. The van der Waals surface area contributed by atoms with Gasteiger partial charge in [-0.2, -0.15) is 4.99 Å². The number of aliphatic hydroxyl groups excluding tert-OH is 1. The van der Waals surface area contributed by atoms with Crippen molar-refractivity contribution < 1.29 is 19.4 Å². The average Bonchev–Trinajstić information content (AvgIpc) is 3.60. The number of amides is 1. The Morgan fingerprint density at radius 3 is 2.94 bits per heavy atom. The molecule has 0 spiro atoms. The highest BCUT2D eigenvalue weighted by Gasteiger charge is 2.22. The third-order valence-corrected chi connectivity index (χ3v) is 6.61. The van der Waals surface area contributed by atoms with Crippen molar-refractivity contribution in [3.05, 3.63) is 34.3 Å². The number of anilines is 1. The minimum absolute atomic E-state index is 0.150. The molecule has 1 atom stereocenters. The highest BCUT2D eigenvalue weighted by Crippen LogP contribution is 2.37. The number of aromatic nitrogens is 3. The van der Waals surface area contributed by atoms with E-state index in [0.29, 0.717) is 47.1 Å². The number of rotatable bonds is 7. The van der Waals surface area contributed by atoms with Crippen LogP contribution in [0.1, 0.15) is 22.5 Å². The third-order valence-electron chi connectivity index (χ3n) is 5.85. The van der Waals surface area contributed by atoms with E-state index in [1.807, 2.05) is 16.7 Å². The SMILES string of the molecule is COc1c(OC[C@H](O)CN2CCCC2)ccc2c3n(c(=NC(=O)c4cncs4)nc12)CCN3. The molecule has 1 amide bonds. The van der Waals surface area contributed by atoms with E-state index in [2.05, 4.69) is 25.2 Å². The molecule has 0 radical (unpaired) electrons. The Morgan fingerprint density at radius 1 is 1.33 bits per heavy atom. The number of β-amino-alcohol motifs (C(OH)–C–C–N with tert-alkyl or cyclic N) is 1. The normalized spacial score (nSPS) is 17.2. The minimum Gasteiger partial charge on any atom is -0.491 e. The van der Waals surface area contributed by atoms with Crippen molar-refractivity contribution in [2.45, 2.75) is 25.5 Å². The van der Waals surface area contributed by atoms with Crippen molar-refractivity contribution in [3.8, 4) is 11.5 Å². The van der Waals surface area contributed by atoms with E-state index in [1.54, 1.807) is 12.6 Å². The molecule has 10 nitrogen and oxygen atoms in total. The van der Waals surface area contributed by atoms with E-state index in [4.69, 9.17) is 9.47 Å². The Hall–Kier alpha value is -3.02. The van der Waals surface area contributed by atoms with Gasteiger partial charge in [-0.15, -0.1) is 11.3 Å². The summed E-state index contributed by atoms with van der Waals surface area (Å²) in [5.41, 5.74) is 2.44. The molecule has 33 heavy (non-hydrogen) atoms. The Morgan fingerprint density at radius 2 is 2.18 bits per heavy atom. The van der Waals surface area contributed by atoms with Crippen molar-refractivity contribution in [1.82, 2.24) is 19.4 Å². The number of likely N-dealkylation sites (tertiary alicyclic amines) is 1. The van der Waals surface area contributed by atoms with Crippen LogP contribution in [0.4, 0.5) is 5.82 Å². The summed E-state index contributed by atoms with van der Waals surface area (Å²) >= 11 is 1.24. The molecule has 174 valence electrons. The predicted octanol–water partition coefficient (Wildman–Crippen LogP) is 1.50. The average molecular weight is 471 g/mol. The first-order valence-electron chi connectivity index (χ1n) is 11.0. The van der Waals surface area contributed by atoms with Gasteiger partial charge in [0.05, 0.1) is 18.8 Å². The van der Waals surface area contributed by atoms with Crippen molar-refractivity contribution in [3.63, 3.8) is 0 Å². The largest absolute Gasteiger partial charge is 0.491 e. The second-order valence-electron chi connectivity index (χ2n) is 8.09. The Kier molecular flexibility index (Phi) is 6.25. The molecule has 0 aliphatic carbocycles. The highest BCUT2D eigenvalue weighted by atomic mass is 32.1. The fourth-order valence-corrected chi connectivity index (χ4v) is 4.82. The monoisotopic (exact) mass is 470 g/mol. The third kappa shape index (κ3) is 4.43. The maximum atomic E-state index is 12.6. The van der Waals surface area contributed by atoms with Crippen LogP contribution in [0.5, 0.6) is 11.5 Å². The standard InChI is InChI=1S/C22H26N6O4S/c1-31-19-16(32-12-14(29)11-27-7-2-3-8-27)5-4-15-18(19)25-22(28-9-6-24-20(15)28)26-21(30)17-10-23-13-33-17/h4-5,10,13-14,24,29H,2-3,6-9,11-12H2,1H3/t14-/m1/s1. The van der Waals surface area contributed by atoms with E-state index in [9.17, 15) is 9.90 Å². The number of thiazole rings is 1. The molecule has 1 saturated heterocycles. The van der Waals surface area contributed by atoms with Crippen LogP contribution >= 0.6 is 11.3 Å². The first-order valence-corrected chi connectivity index (χ1v) is 11.9. The predicted molar refractivity (Wildman–Crippen MR) is 124 cm³/mol. The van der Waals surface area contributed by atoms with Crippen molar-refractivity contribution in [1.29, 1.82) is 0 Å². The van der Waals surface area contributed by atoms with Gasteiger partial charge in [-0.25, -0.2) is 4.98 Å². The van der Waals surface area contributed by atoms with Crippen LogP contribution in [0, 0.1) is 0 Å². The molecule has 2 N–H and O–H groups in total. The number of benzene rings is 1. The summed E-state index contributed by atoms with van der Waals surface area (Å²) in [4.78, 5) is 28.2. The number of nitrogens with one attached hydrogen (secondary N) is 1. The van der Waals surface area contributed by atoms with Gasteiger partial charge < -0.3 is 24.8 Å². The topological polar surface area (TPSA) is 114 Å². The molecule has 0 bridgehead atoms. The summed E-state index contributed by atoms with van der Waals surface area (Å²) in [5.74, 6) is 1.37. The summed E-state index contributed by atoms with van der Waals surface area (Å²) < 4.78 is 13.5. The molecule has 1 aromatic carbocycles. The van der Waals surface area contributed by atoms with E-state index in [1.165, 1.54) is 30.4 Å². The number of methoxy groups -OCH3 is 1. The van der Waals surface area contributed by atoms with Gasteiger partial charge >= 0.3 is 0 Å². The molecule has 0 saturated carbocycles. The number of nitrogens with zero attached hydrogens (tertiary/aromatic N) is 5. The van der Waals surface area contributed by atoms with Crippen LogP contribution in [-0.4, -0.2) is 76.4 Å². The van der Waals surface area contributed by atoms with Crippen LogP contribution in [-0.2, 0) is 6.54 Å². The fraction of sp³-hybridized carbons (Fsp3) is 0.455. The molecule has 5 rings (SSSR count). The summed E-state index contributed by atoms with van der Waals surface area (Å²) in [6.07, 6.45) is 3.25. The van der Waals surface area contributed by atoms with Gasteiger partial charge in [0.25, 0.3) is 5.91 Å². The first-order chi connectivity index (χ1) is 16.1. The van der Waals surface area contributed by atoms with Gasteiger partial charge in [0.2, 0.25) is 5.62 Å². The minimum atomic E-state index is -0.601. The van der Waals surface area contributed by atoms with E-state index in [0.717, 1.165) is 24.3 Å². The van der Waals surface area contributed by atoms with Crippen molar-refractivity contribution >= 4 is 34.0 Å². The number of carbonyl (C=O) groups excluding carboxylic acids is 1. The number of hydrogen-bond donors (Lipinski definition) is 2. The highest BCUT2D eigenvalue weighted by molar-refractivity contribution is 7.11. The fourth-order valence-electron chi connectivity index (χ4n) is 4.31. The molecule has 1 fully saturated rings. The lowest BCUT2D eigenvalue weighted by molar-refractivity contribution is 0.0748. The lowest BCUT2D eigenvalue weighted by atomic mass is 10.2. The van der Waals surface area contributed by atoms with Crippen LogP contribution < -0.4 is 20.4 Å². The zero-order valence-corrected chi connectivity index (χ0v) is 19.2. The molecule has 2 aromatic heterocycles. The number of fused-ring (bicyclic) bond motifs is 3. The molecule has 4 heterocycles. The second-order valence-corrected chi connectivity index (χ2v) is 8.97. The summed E-state index contributed by atoms with van der Waals surface area (Å²) in [6, 6.07) is 3.73. The lowest BCUT2D eigenvalue weighted by Gasteiger charge is -2.20. The van der Waals surface area contributed by atoms with Gasteiger partial charge in [0.1, 0.15) is 28.9 Å².